The molecule has 100 valence electrons. The van der Waals surface area contributed by atoms with Crippen LogP contribution in [0.3, 0.4) is 0 Å². The van der Waals surface area contributed by atoms with Crippen LogP contribution in [0.15, 0.2) is 24.3 Å². The van der Waals surface area contributed by atoms with Crippen molar-refractivity contribution in [3.05, 3.63) is 29.8 Å². The van der Waals surface area contributed by atoms with Gasteiger partial charge in [-0.3, -0.25) is 4.79 Å². The van der Waals surface area contributed by atoms with Crippen molar-refractivity contribution in [3.63, 3.8) is 0 Å². The minimum Gasteiger partial charge on any atom is -0.507 e. The van der Waals surface area contributed by atoms with Crippen LogP contribution in [0.4, 0.5) is 0 Å². The molecule has 0 fully saturated rings. The molecule has 0 spiro atoms. The SMILES string of the molecule is CCS(=O)(=O)NCCNC(=O)c1ccccc1O. The summed E-state index contributed by atoms with van der Waals surface area (Å²) in [5.74, 6) is -0.548. The Morgan fingerprint density at radius 2 is 1.94 bits per heavy atom. The van der Waals surface area contributed by atoms with Crippen molar-refractivity contribution in [2.24, 2.45) is 0 Å². The molecule has 0 bridgehead atoms. The zero-order valence-electron chi connectivity index (χ0n) is 10.0. The molecule has 6 nitrogen and oxygen atoms in total. The third kappa shape index (κ3) is 4.34. The van der Waals surface area contributed by atoms with Gasteiger partial charge in [0.15, 0.2) is 0 Å². The third-order valence-electron chi connectivity index (χ3n) is 2.26. The second-order valence-corrected chi connectivity index (χ2v) is 5.67. The predicted molar refractivity (Wildman–Crippen MR) is 67.9 cm³/mol. The van der Waals surface area contributed by atoms with E-state index in [0.29, 0.717) is 0 Å². The van der Waals surface area contributed by atoms with E-state index in [9.17, 15) is 18.3 Å². The highest BCUT2D eigenvalue weighted by Gasteiger charge is 2.10. The van der Waals surface area contributed by atoms with Gasteiger partial charge in [0.05, 0.1) is 11.3 Å². The van der Waals surface area contributed by atoms with Gasteiger partial charge in [-0.1, -0.05) is 12.1 Å². The first-order chi connectivity index (χ1) is 8.46. The highest BCUT2D eigenvalue weighted by atomic mass is 32.2. The standard InChI is InChI=1S/C11H16N2O4S/c1-2-18(16,17)13-8-7-12-11(15)9-5-3-4-6-10(9)14/h3-6,13-14H,2,7-8H2,1H3,(H,12,15). The molecule has 0 aliphatic carbocycles. The highest BCUT2D eigenvalue weighted by Crippen LogP contribution is 2.14. The molecule has 0 aromatic heterocycles. The van der Waals surface area contributed by atoms with Gasteiger partial charge in [-0.2, -0.15) is 0 Å². The molecule has 0 saturated heterocycles. The molecule has 0 aliphatic heterocycles. The summed E-state index contributed by atoms with van der Waals surface area (Å²) in [5, 5.41) is 11.9. The van der Waals surface area contributed by atoms with Gasteiger partial charge in [-0.05, 0) is 19.1 Å². The van der Waals surface area contributed by atoms with E-state index in [4.69, 9.17) is 0 Å². The van der Waals surface area contributed by atoms with Crippen LogP contribution in [-0.4, -0.2) is 38.3 Å². The van der Waals surface area contributed by atoms with E-state index in [-0.39, 0.29) is 30.2 Å². The maximum Gasteiger partial charge on any atom is 0.255 e. The molecule has 0 unspecified atom stereocenters. The molecule has 7 heteroatoms. The average molecular weight is 272 g/mol. The largest absolute Gasteiger partial charge is 0.507 e. The Morgan fingerprint density at radius 1 is 1.28 bits per heavy atom. The van der Waals surface area contributed by atoms with Crippen LogP contribution in [0.25, 0.3) is 0 Å². The number of benzene rings is 1. The molecule has 1 aromatic carbocycles. The number of para-hydroxylation sites is 1. The number of aromatic hydroxyl groups is 1. The van der Waals surface area contributed by atoms with Crippen molar-refractivity contribution in [2.75, 3.05) is 18.8 Å². The monoisotopic (exact) mass is 272 g/mol. The third-order valence-corrected chi connectivity index (χ3v) is 3.67. The molecule has 1 amide bonds. The van der Waals surface area contributed by atoms with Crippen LogP contribution in [-0.2, 0) is 10.0 Å². The molecule has 0 radical (unpaired) electrons. The van der Waals surface area contributed by atoms with Gasteiger partial charge < -0.3 is 10.4 Å². The minimum absolute atomic E-state index is 0.000417. The number of nitrogens with one attached hydrogen (secondary N) is 2. The summed E-state index contributed by atoms with van der Waals surface area (Å²) in [4.78, 5) is 11.6. The fraction of sp³-hybridized carbons (Fsp3) is 0.364. The number of phenols is 1. The Labute approximate surface area is 106 Å². The molecule has 1 aromatic rings. The number of sulfonamides is 1. The lowest BCUT2D eigenvalue weighted by Crippen LogP contribution is -2.35. The highest BCUT2D eigenvalue weighted by molar-refractivity contribution is 7.89. The van der Waals surface area contributed by atoms with Crippen molar-refractivity contribution in [1.29, 1.82) is 0 Å². The number of hydrogen-bond acceptors (Lipinski definition) is 4. The summed E-state index contributed by atoms with van der Waals surface area (Å²) >= 11 is 0. The van der Waals surface area contributed by atoms with E-state index in [1.165, 1.54) is 19.1 Å². The van der Waals surface area contributed by atoms with Crippen molar-refractivity contribution in [3.8, 4) is 5.75 Å². The number of carbonyl (C=O) groups is 1. The van der Waals surface area contributed by atoms with Gasteiger partial charge in [0, 0.05) is 13.1 Å². The number of amides is 1. The maximum atomic E-state index is 11.6. The quantitative estimate of drug-likeness (QED) is 0.638. The van der Waals surface area contributed by atoms with Gasteiger partial charge in [0.2, 0.25) is 10.0 Å². The fourth-order valence-electron chi connectivity index (χ4n) is 1.25. The van der Waals surface area contributed by atoms with Gasteiger partial charge in [0.25, 0.3) is 5.91 Å². The fourth-order valence-corrected chi connectivity index (χ4v) is 1.86. The van der Waals surface area contributed by atoms with Crippen LogP contribution in [0.5, 0.6) is 5.75 Å². The number of carbonyl (C=O) groups excluding carboxylic acids is 1. The Balaban J connectivity index is 2.42. The first-order valence-electron chi connectivity index (χ1n) is 5.50. The summed E-state index contributed by atoms with van der Waals surface area (Å²) in [6.45, 7) is 1.81. The Morgan fingerprint density at radius 3 is 2.56 bits per heavy atom. The van der Waals surface area contributed by atoms with E-state index in [2.05, 4.69) is 10.0 Å². The number of rotatable bonds is 6. The van der Waals surface area contributed by atoms with Crippen molar-refractivity contribution < 1.29 is 18.3 Å². The average Bonchev–Trinajstić information content (AvgIpc) is 2.35. The Hall–Kier alpha value is -1.60. The number of hydrogen-bond donors (Lipinski definition) is 3. The molecule has 0 atom stereocenters. The second kappa shape index (κ2) is 6.36. The molecule has 0 saturated carbocycles. The molecule has 0 aliphatic rings. The summed E-state index contributed by atoms with van der Waals surface area (Å²) in [6, 6.07) is 6.14. The molecular formula is C11H16N2O4S. The zero-order chi connectivity index (χ0) is 13.6. The van der Waals surface area contributed by atoms with Crippen LogP contribution < -0.4 is 10.0 Å². The normalized spacial score (nSPS) is 11.2. The predicted octanol–water partition coefficient (Wildman–Crippen LogP) is 0.0613. The van der Waals surface area contributed by atoms with E-state index in [1.54, 1.807) is 12.1 Å². The molecule has 3 N–H and O–H groups in total. The Kier molecular flexibility index (Phi) is 5.11. The topological polar surface area (TPSA) is 95.5 Å². The second-order valence-electron chi connectivity index (χ2n) is 3.57. The van der Waals surface area contributed by atoms with Crippen LogP contribution in [0, 0.1) is 0 Å². The molecular weight excluding hydrogens is 256 g/mol. The lowest BCUT2D eigenvalue weighted by atomic mass is 10.2. The first kappa shape index (κ1) is 14.5. The lowest BCUT2D eigenvalue weighted by molar-refractivity contribution is 0.0951. The summed E-state index contributed by atoms with van der Waals surface area (Å²) in [7, 11) is -3.24. The van der Waals surface area contributed by atoms with Gasteiger partial charge in [-0.15, -0.1) is 0 Å². The zero-order valence-corrected chi connectivity index (χ0v) is 10.8. The van der Waals surface area contributed by atoms with E-state index < -0.39 is 15.9 Å². The molecule has 18 heavy (non-hydrogen) atoms. The summed E-state index contributed by atoms with van der Waals surface area (Å²) < 4.78 is 24.5. The van der Waals surface area contributed by atoms with E-state index in [1.807, 2.05) is 0 Å². The smallest absolute Gasteiger partial charge is 0.255 e. The lowest BCUT2D eigenvalue weighted by Gasteiger charge is -2.07. The van der Waals surface area contributed by atoms with Crippen LogP contribution in [0.2, 0.25) is 0 Å². The van der Waals surface area contributed by atoms with Crippen molar-refractivity contribution in [2.45, 2.75) is 6.92 Å². The molecule has 0 heterocycles. The maximum absolute atomic E-state index is 11.6. The van der Waals surface area contributed by atoms with Crippen LogP contribution >= 0.6 is 0 Å². The van der Waals surface area contributed by atoms with Gasteiger partial charge >= 0.3 is 0 Å². The van der Waals surface area contributed by atoms with Crippen LogP contribution in [0.1, 0.15) is 17.3 Å². The van der Waals surface area contributed by atoms with Crippen molar-refractivity contribution >= 4 is 15.9 Å². The first-order valence-corrected chi connectivity index (χ1v) is 7.15. The van der Waals surface area contributed by atoms with Crippen molar-refractivity contribution in [1.82, 2.24) is 10.0 Å². The van der Waals surface area contributed by atoms with E-state index in [0.717, 1.165) is 0 Å². The molecule has 1 rings (SSSR count). The van der Waals surface area contributed by atoms with E-state index >= 15 is 0 Å². The summed E-state index contributed by atoms with van der Waals surface area (Å²) in [6.07, 6.45) is 0. The summed E-state index contributed by atoms with van der Waals surface area (Å²) in [5.41, 5.74) is 0.163. The number of phenolic OH excluding ortho intramolecular Hbond substituents is 1. The minimum atomic E-state index is -3.24. The van der Waals surface area contributed by atoms with Gasteiger partial charge in [0.1, 0.15) is 5.75 Å². The Bertz CT molecular complexity index is 514. The van der Waals surface area contributed by atoms with Gasteiger partial charge in [-0.25, -0.2) is 13.1 Å².